The third-order valence-corrected chi connectivity index (χ3v) is 4.91. The molecule has 0 aromatic carbocycles. The number of nitrogens with zero attached hydrogens (tertiary/aromatic N) is 3. The van der Waals surface area contributed by atoms with Crippen LogP contribution in [0.2, 0.25) is 0 Å². The van der Waals surface area contributed by atoms with Crippen molar-refractivity contribution in [3.05, 3.63) is 11.8 Å². The fraction of sp³-hybridized carbons (Fsp3) is 0.667. The summed E-state index contributed by atoms with van der Waals surface area (Å²) in [6, 6.07) is 1.88. The summed E-state index contributed by atoms with van der Waals surface area (Å²) in [4.78, 5) is 0. The van der Waals surface area contributed by atoms with E-state index in [1.807, 2.05) is 20.0 Å². The molecule has 0 amide bonds. The van der Waals surface area contributed by atoms with E-state index in [4.69, 9.17) is 0 Å². The van der Waals surface area contributed by atoms with E-state index in [1.165, 1.54) is 0 Å². The van der Waals surface area contributed by atoms with Gasteiger partial charge in [0.1, 0.15) is 0 Å². The van der Waals surface area contributed by atoms with Crippen molar-refractivity contribution in [1.82, 2.24) is 9.78 Å². The van der Waals surface area contributed by atoms with Crippen molar-refractivity contribution in [2.75, 3.05) is 11.5 Å². The van der Waals surface area contributed by atoms with Crippen LogP contribution in [-0.2, 0) is 16.8 Å². The lowest BCUT2D eigenvalue weighted by Crippen LogP contribution is -1.99. The van der Waals surface area contributed by atoms with Crippen LogP contribution < -0.4 is 0 Å². The standard InChI is InChI=1S/C9H15N3OS/c1-8-7-9(10-12(8)2)11-14(13)5-3-4-6-14/h7H,3-6H2,1-2H3. The first-order chi connectivity index (χ1) is 6.59. The van der Waals surface area contributed by atoms with Gasteiger partial charge in [-0.05, 0) is 19.8 Å². The van der Waals surface area contributed by atoms with Crippen LogP contribution in [0.5, 0.6) is 0 Å². The number of aromatic nitrogens is 2. The largest absolute Gasteiger partial charge is 0.271 e. The number of aryl methyl sites for hydroxylation is 2. The smallest absolute Gasteiger partial charge is 0.183 e. The molecule has 1 aliphatic rings. The Kier molecular flexibility index (Phi) is 2.34. The van der Waals surface area contributed by atoms with Crippen molar-refractivity contribution in [1.29, 1.82) is 0 Å². The molecule has 4 nitrogen and oxygen atoms in total. The molecule has 78 valence electrons. The highest BCUT2D eigenvalue weighted by molar-refractivity contribution is 7.93. The van der Waals surface area contributed by atoms with Gasteiger partial charge in [-0.25, -0.2) is 4.21 Å². The predicted octanol–water partition coefficient (Wildman–Crippen LogP) is 1.62. The Labute approximate surface area is 84.5 Å². The normalized spacial score (nSPS) is 19.9. The molecule has 0 spiro atoms. The van der Waals surface area contributed by atoms with Crippen LogP contribution in [0.25, 0.3) is 0 Å². The number of hydrogen-bond acceptors (Lipinski definition) is 3. The zero-order valence-electron chi connectivity index (χ0n) is 8.56. The van der Waals surface area contributed by atoms with E-state index in [9.17, 15) is 4.21 Å². The second-order valence-electron chi connectivity index (χ2n) is 3.75. The van der Waals surface area contributed by atoms with E-state index in [0.717, 1.165) is 30.0 Å². The van der Waals surface area contributed by atoms with Gasteiger partial charge in [-0.3, -0.25) is 4.68 Å². The summed E-state index contributed by atoms with van der Waals surface area (Å²) in [7, 11) is -0.0902. The van der Waals surface area contributed by atoms with Gasteiger partial charge in [-0.2, -0.15) is 9.46 Å². The monoisotopic (exact) mass is 213 g/mol. The highest BCUT2D eigenvalue weighted by Crippen LogP contribution is 2.19. The fourth-order valence-electron chi connectivity index (χ4n) is 1.61. The van der Waals surface area contributed by atoms with Crippen molar-refractivity contribution in [2.45, 2.75) is 19.8 Å². The zero-order chi connectivity index (χ0) is 10.2. The Bertz CT molecular complexity index is 423. The molecule has 0 aliphatic carbocycles. The minimum absolute atomic E-state index is 0.622. The molecule has 1 aromatic rings. The van der Waals surface area contributed by atoms with Crippen molar-refractivity contribution >= 4 is 15.5 Å². The second-order valence-corrected chi connectivity index (χ2v) is 6.29. The molecule has 14 heavy (non-hydrogen) atoms. The van der Waals surface area contributed by atoms with Crippen molar-refractivity contribution in [3.63, 3.8) is 0 Å². The van der Waals surface area contributed by atoms with E-state index >= 15 is 0 Å². The van der Waals surface area contributed by atoms with Gasteiger partial charge in [0.25, 0.3) is 0 Å². The third kappa shape index (κ3) is 1.82. The lowest BCUT2D eigenvalue weighted by Gasteiger charge is -1.96. The van der Waals surface area contributed by atoms with E-state index in [0.29, 0.717) is 5.82 Å². The Balaban J connectivity index is 2.37. The SMILES string of the molecule is Cc1cc(N=S2(=O)CCCC2)nn1C. The summed E-state index contributed by atoms with van der Waals surface area (Å²) in [6.07, 6.45) is 2.07. The van der Waals surface area contributed by atoms with E-state index in [1.54, 1.807) is 4.68 Å². The first kappa shape index (κ1) is 9.71. The highest BCUT2D eigenvalue weighted by atomic mass is 32.2. The molecule has 1 aromatic heterocycles. The average Bonchev–Trinajstić information content (AvgIpc) is 2.62. The van der Waals surface area contributed by atoms with Crippen LogP contribution in [0.15, 0.2) is 10.4 Å². The molecule has 1 saturated heterocycles. The maximum atomic E-state index is 12.1. The van der Waals surface area contributed by atoms with Crippen LogP contribution in [0.1, 0.15) is 18.5 Å². The Hall–Kier alpha value is -0.840. The average molecular weight is 213 g/mol. The quantitative estimate of drug-likeness (QED) is 0.711. The molecule has 5 heteroatoms. The van der Waals surface area contributed by atoms with Crippen LogP contribution >= 0.6 is 0 Å². The van der Waals surface area contributed by atoms with Gasteiger partial charge in [0, 0.05) is 30.3 Å². The molecule has 2 rings (SSSR count). The predicted molar refractivity (Wildman–Crippen MR) is 57.1 cm³/mol. The number of hydrogen-bond donors (Lipinski definition) is 0. The summed E-state index contributed by atoms with van der Waals surface area (Å²) in [6.45, 7) is 1.97. The summed E-state index contributed by atoms with van der Waals surface area (Å²) in [5.74, 6) is 2.10. The van der Waals surface area contributed by atoms with Crippen molar-refractivity contribution in [3.8, 4) is 0 Å². The molecule has 2 heterocycles. The highest BCUT2D eigenvalue weighted by Gasteiger charge is 2.16. The molecule has 1 fully saturated rings. The fourth-order valence-corrected chi connectivity index (χ4v) is 3.73. The Morgan fingerprint density at radius 1 is 1.50 bits per heavy atom. The van der Waals surface area contributed by atoms with Gasteiger partial charge in [-0.15, -0.1) is 0 Å². The Morgan fingerprint density at radius 3 is 2.64 bits per heavy atom. The molecule has 1 aliphatic heterocycles. The minimum Gasteiger partial charge on any atom is -0.271 e. The summed E-state index contributed by atoms with van der Waals surface area (Å²) in [5.41, 5.74) is 1.05. The van der Waals surface area contributed by atoms with Gasteiger partial charge in [0.05, 0.1) is 9.73 Å². The van der Waals surface area contributed by atoms with E-state index in [2.05, 4.69) is 9.46 Å². The molecule has 0 atom stereocenters. The maximum Gasteiger partial charge on any atom is 0.183 e. The lowest BCUT2D eigenvalue weighted by atomic mass is 10.4. The van der Waals surface area contributed by atoms with Crippen LogP contribution in [0, 0.1) is 6.92 Å². The van der Waals surface area contributed by atoms with Gasteiger partial charge in [0.2, 0.25) is 0 Å². The third-order valence-electron chi connectivity index (χ3n) is 2.54. The Morgan fingerprint density at radius 2 is 2.14 bits per heavy atom. The molecular formula is C9H15N3OS. The molecule has 0 N–H and O–H groups in total. The van der Waals surface area contributed by atoms with Gasteiger partial charge in [0.15, 0.2) is 5.82 Å². The first-order valence-electron chi connectivity index (χ1n) is 4.82. The zero-order valence-corrected chi connectivity index (χ0v) is 9.38. The summed E-state index contributed by atoms with van der Waals surface area (Å²) in [5, 5.41) is 4.19. The van der Waals surface area contributed by atoms with E-state index in [-0.39, 0.29) is 0 Å². The molecule has 0 saturated carbocycles. The molecular weight excluding hydrogens is 198 g/mol. The van der Waals surface area contributed by atoms with Crippen LogP contribution in [-0.4, -0.2) is 25.5 Å². The van der Waals surface area contributed by atoms with Crippen LogP contribution in [0.3, 0.4) is 0 Å². The van der Waals surface area contributed by atoms with Gasteiger partial charge >= 0.3 is 0 Å². The van der Waals surface area contributed by atoms with Gasteiger partial charge in [-0.1, -0.05) is 0 Å². The van der Waals surface area contributed by atoms with Crippen molar-refractivity contribution in [2.24, 2.45) is 11.4 Å². The molecule has 0 radical (unpaired) electrons. The molecule has 0 bridgehead atoms. The summed E-state index contributed by atoms with van der Waals surface area (Å²) < 4.78 is 18.1. The molecule has 0 unspecified atom stereocenters. The van der Waals surface area contributed by atoms with Crippen molar-refractivity contribution < 1.29 is 4.21 Å². The minimum atomic E-state index is -1.96. The van der Waals surface area contributed by atoms with Gasteiger partial charge < -0.3 is 0 Å². The second kappa shape index (κ2) is 3.38. The summed E-state index contributed by atoms with van der Waals surface area (Å²) >= 11 is 0. The number of rotatable bonds is 1. The maximum absolute atomic E-state index is 12.1. The first-order valence-corrected chi connectivity index (χ1v) is 6.68. The lowest BCUT2D eigenvalue weighted by molar-refractivity contribution is 0.680. The topological polar surface area (TPSA) is 47.2 Å². The van der Waals surface area contributed by atoms with Crippen LogP contribution in [0.4, 0.5) is 5.82 Å². The van der Waals surface area contributed by atoms with E-state index < -0.39 is 9.73 Å².